The topological polar surface area (TPSA) is 26.2 Å². The van der Waals surface area contributed by atoms with E-state index < -0.39 is 0 Å². The van der Waals surface area contributed by atoms with Gasteiger partial charge in [0.2, 0.25) is 0 Å². The molecule has 1 aromatic heterocycles. The Morgan fingerprint density at radius 3 is 2.79 bits per heavy atom. The monoisotopic (exact) mass is 426 g/mol. The number of fused-ring (bicyclic) bond motifs is 3. The summed E-state index contributed by atoms with van der Waals surface area (Å²) < 4.78 is 12.2. The zero-order chi connectivity index (χ0) is 16.1. The van der Waals surface area contributed by atoms with Crippen molar-refractivity contribution < 1.29 is 4.74 Å². The Hall–Kier alpha value is -2.34. The van der Waals surface area contributed by atoms with Gasteiger partial charge in [0.25, 0.3) is 0 Å². The summed E-state index contributed by atoms with van der Waals surface area (Å²) in [5.41, 5.74) is 4.48. The maximum atomic E-state index is 6.06. The molecule has 0 bridgehead atoms. The molecule has 3 aromatic rings. The zero-order valence-electron chi connectivity index (χ0n) is 13.1. The van der Waals surface area contributed by atoms with Gasteiger partial charge in [0, 0.05) is 11.6 Å². The average molecular weight is 426 g/mol. The Kier molecular flexibility index (Phi) is 3.13. The number of rotatable bonds is 1. The summed E-state index contributed by atoms with van der Waals surface area (Å²) in [6.07, 6.45) is 6.59. The van der Waals surface area contributed by atoms with Gasteiger partial charge in [-0.25, -0.2) is 0 Å². The highest BCUT2D eigenvalue weighted by Gasteiger charge is 2.18. The molecule has 2 aliphatic rings. The van der Waals surface area contributed by atoms with E-state index in [9.17, 15) is 0 Å². The summed E-state index contributed by atoms with van der Waals surface area (Å²) >= 11 is 0.00991. The number of hydrogen-bond donors (Lipinski definition) is 1. The van der Waals surface area contributed by atoms with Crippen LogP contribution in [0.2, 0.25) is 0 Å². The van der Waals surface area contributed by atoms with Crippen molar-refractivity contribution >= 4 is 52.7 Å². The molecule has 0 saturated carbocycles. The van der Waals surface area contributed by atoms with Crippen LogP contribution in [0.5, 0.6) is 11.5 Å². The first-order valence-corrected chi connectivity index (χ1v) is 10.1. The first-order chi connectivity index (χ1) is 11.8. The van der Waals surface area contributed by atoms with Crippen LogP contribution >= 0.6 is 20.7 Å². The molecule has 0 spiro atoms. The number of para-hydroxylation sites is 2. The van der Waals surface area contributed by atoms with Crippen LogP contribution < -0.4 is 10.1 Å². The molecule has 3 nitrogen and oxygen atoms in total. The molecule has 0 saturated heterocycles. The molecular formula is C20H15IN2O. The van der Waals surface area contributed by atoms with Crippen molar-refractivity contribution in [1.29, 1.82) is 0 Å². The minimum Gasteiger partial charge on any atom is -0.453 e. The summed E-state index contributed by atoms with van der Waals surface area (Å²) in [6, 6.07) is 14.5. The first kappa shape index (κ1) is 14.0. The van der Waals surface area contributed by atoms with Gasteiger partial charge in [-0.05, 0) is 50.9 Å². The van der Waals surface area contributed by atoms with Crippen LogP contribution in [0.4, 0.5) is 11.4 Å². The number of ether oxygens (including phenoxy) is 1. The number of halogens is 1. The summed E-state index contributed by atoms with van der Waals surface area (Å²) in [7, 11) is 0. The van der Waals surface area contributed by atoms with Gasteiger partial charge < -0.3 is 14.6 Å². The van der Waals surface area contributed by atoms with Crippen LogP contribution in [-0.2, 0) is 0 Å². The van der Waals surface area contributed by atoms with Crippen LogP contribution in [0, 0.1) is 0 Å². The Labute approximate surface area is 150 Å². The summed E-state index contributed by atoms with van der Waals surface area (Å²) in [4.78, 5) is 0. The van der Waals surface area contributed by atoms with Gasteiger partial charge >= 0.3 is 0 Å². The van der Waals surface area contributed by atoms with Gasteiger partial charge in [-0.15, -0.1) is 0 Å². The highest BCUT2D eigenvalue weighted by Crippen LogP contribution is 2.43. The minimum atomic E-state index is 0.00991. The van der Waals surface area contributed by atoms with Crippen LogP contribution in [0.25, 0.3) is 16.6 Å². The van der Waals surface area contributed by atoms with Crippen molar-refractivity contribution in [1.82, 2.24) is 4.57 Å². The molecule has 4 heteroatoms. The number of allylic oxidation sites excluding steroid dienone is 4. The Morgan fingerprint density at radius 1 is 1.00 bits per heavy atom. The van der Waals surface area contributed by atoms with E-state index in [0.29, 0.717) is 0 Å². The molecule has 118 valence electrons. The third-order valence-corrected chi connectivity index (χ3v) is 6.56. The lowest BCUT2D eigenvalue weighted by Gasteiger charge is -2.22. The molecule has 0 atom stereocenters. The predicted octanol–water partition coefficient (Wildman–Crippen LogP) is 6.02. The smallest absolute Gasteiger partial charge is 0.151 e. The van der Waals surface area contributed by atoms with E-state index in [0.717, 1.165) is 22.9 Å². The third kappa shape index (κ3) is 2.21. The van der Waals surface area contributed by atoms with Gasteiger partial charge in [-0.3, -0.25) is 0 Å². The van der Waals surface area contributed by atoms with Crippen LogP contribution in [0.15, 0.2) is 64.4 Å². The fraction of sp³-hybridized carbons (Fsp3) is 0.0500. The van der Waals surface area contributed by atoms with Gasteiger partial charge in [-0.2, -0.15) is 0 Å². The van der Waals surface area contributed by atoms with E-state index in [1.54, 1.807) is 0 Å². The van der Waals surface area contributed by atoms with Crippen molar-refractivity contribution in [2.75, 3.05) is 5.32 Å². The lowest BCUT2D eigenvalue weighted by Crippen LogP contribution is -2.03. The number of nitrogens with one attached hydrogen (secondary N) is 1. The van der Waals surface area contributed by atoms with Crippen LogP contribution in [0.3, 0.4) is 0 Å². The van der Waals surface area contributed by atoms with Gasteiger partial charge in [0.05, 0.1) is 22.6 Å². The van der Waals surface area contributed by atoms with E-state index in [2.05, 4.69) is 57.4 Å². The van der Waals surface area contributed by atoms with E-state index in [1.807, 2.05) is 24.3 Å². The molecular weight excluding hydrogens is 411 g/mol. The summed E-state index contributed by atoms with van der Waals surface area (Å²) in [5.74, 6) is 1.75. The van der Waals surface area contributed by atoms with E-state index in [-0.39, 0.29) is 20.7 Å². The van der Waals surface area contributed by atoms with Crippen molar-refractivity contribution in [3.63, 3.8) is 0 Å². The zero-order valence-corrected chi connectivity index (χ0v) is 15.2. The molecule has 2 aliphatic heterocycles. The maximum absolute atomic E-state index is 6.06. The molecule has 0 amide bonds. The SMILES string of the molecule is CC1=CC=C(n2ccc3cc4c(cc32)Nc2ccccc2O4)C=I1. The fourth-order valence-corrected chi connectivity index (χ4v) is 4.74. The van der Waals surface area contributed by atoms with Gasteiger partial charge in [-0.1, -0.05) is 38.9 Å². The summed E-state index contributed by atoms with van der Waals surface area (Å²) in [5, 5.41) is 4.68. The Bertz CT molecular complexity index is 1070. The lowest BCUT2D eigenvalue weighted by atomic mass is 10.1. The number of anilines is 2. The molecule has 1 N–H and O–H groups in total. The first-order valence-electron chi connectivity index (χ1n) is 7.82. The minimum absolute atomic E-state index is 0.00991. The molecule has 24 heavy (non-hydrogen) atoms. The van der Waals surface area contributed by atoms with E-state index >= 15 is 0 Å². The quantitative estimate of drug-likeness (QED) is 0.377. The maximum Gasteiger partial charge on any atom is 0.151 e. The van der Waals surface area contributed by atoms with Gasteiger partial charge in [0.1, 0.15) is 0 Å². The largest absolute Gasteiger partial charge is 0.453 e. The predicted molar refractivity (Wildman–Crippen MR) is 110 cm³/mol. The number of nitrogens with zero attached hydrogens (tertiary/aromatic N) is 1. The summed E-state index contributed by atoms with van der Waals surface area (Å²) in [6.45, 7) is 2.21. The second kappa shape index (κ2) is 5.34. The second-order valence-electron chi connectivity index (χ2n) is 5.88. The standard InChI is InChI=1S/C20H15IN2O/c1-13-6-7-15(12-21-13)23-9-8-14-10-20-17(11-18(14)23)22-16-4-2-3-5-19(16)24-20/h2-12,22H,1H3. The van der Waals surface area contributed by atoms with E-state index in [1.165, 1.54) is 20.2 Å². The number of aromatic nitrogens is 1. The van der Waals surface area contributed by atoms with Crippen molar-refractivity contribution in [3.05, 3.63) is 64.4 Å². The molecule has 3 heterocycles. The van der Waals surface area contributed by atoms with Crippen LogP contribution in [0.1, 0.15) is 6.92 Å². The van der Waals surface area contributed by atoms with E-state index in [4.69, 9.17) is 4.74 Å². The highest BCUT2D eigenvalue weighted by atomic mass is 127. The molecule has 0 aliphatic carbocycles. The van der Waals surface area contributed by atoms with Gasteiger partial charge in [0.15, 0.2) is 11.5 Å². The average Bonchev–Trinajstić information content (AvgIpc) is 3.01. The Morgan fingerprint density at radius 2 is 1.92 bits per heavy atom. The normalized spacial score (nSPS) is 15.4. The molecule has 5 rings (SSSR count). The Balaban J connectivity index is 1.64. The molecule has 0 fully saturated rings. The fourth-order valence-electron chi connectivity index (χ4n) is 3.04. The highest BCUT2D eigenvalue weighted by molar-refractivity contribution is 14.2. The number of benzene rings is 2. The van der Waals surface area contributed by atoms with Crippen molar-refractivity contribution in [3.8, 4) is 11.5 Å². The number of hydrogen-bond acceptors (Lipinski definition) is 2. The van der Waals surface area contributed by atoms with Crippen molar-refractivity contribution in [2.45, 2.75) is 6.92 Å². The molecule has 0 radical (unpaired) electrons. The molecule has 2 aromatic carbocycles. The second-order valence-corrected chi connectivity index (χ2v) is 8.83. The third-order valence-electron chi connectivity index (χ3n) is 4.27. The molecule has 0 unspecified atom stereocenters. The lowest BCUT2D eigenvalue weighted by molar-refractivity contribution is 0.482. The van der Waals surface area contributed by atoms with Crippen LogP contribution in [-0.4, -0.2) is 8.58 Å². The van der Waals surface area contributed by atoms with Crippen molar-refractivity contribution in [2.24, 2.45) is 0 Å².